The maximum Gasteiger partial charge on any atom is 0.416 e. The molecule has 2 aromatic carbocycles. The molecule has 0 aliphatic heterocycles. The summed E-state index contributed by atoms with van der Waals surface area (Å²) in [4.78, 5) is 0. The van der Waals surface area contributed by atoms with Gasteiger partial charge in [0.05, 0.1) is 5.56 Å². The zero-order valence-corrected chi connectivity index (χ0v) is 11.4. The SMILES string of the molecule is FC(F)(F)c1cccc(-c2nnc(-c3ccccc3)s2)c1. The molecule has 0 N–H and O–H groups in total. The Balaban J connectivity index is 1.97. The number of benzene rings is 2. The van der Waals surface area contributed by atoms with Gasteiger partial charge < -0.3 is 0 Å². The quantitative estimate of drug-likeness (QED) is 0.673. The highest BCUT2D eigenvalue weighted by Gasteiger charge is 2.30. The maximum absolute atomic E-state index is 12.7. The molecular weight excluding hydrogens is 297 g/mol. The highest BCUT2D eigenvalue weighted by molar-refractivity contribution is 7.17. The van der Waals surface area contributed by atoms with Gasteiger partial charge in [-0.1, -0.05) is 53.8 Å². The molecule has 0 bridgehead atoms. The molecule has 0 atom stereocenters. The number of alkyl halides is 3. The molecule has 2 nitrogen and oxygen atoms in total. The number of hydrogen-bond acceptors (Lipinski definition) is 3. The largest absolute Gasteiger partial charge is 0.416 e. The second-order valence-corrected chi connectivity index (χ2v) is 5.33. The molecule has 1 heterocycles. The summed E-state index contributed by atoms with van der Waals surface area (Å²) in [5.74, 6) is 0. The van der Waals surface area contributed by atoms with E-state index in [4.69, 9.17) is 0 Å². The van der Waals surface area contributed by atoms with Crippen LogP contribution in [0.4, 0.5) is 13.2 Å². The van der Waals surface area contributed by atoms with Crippen molar-refractivity contribution < 1.29 is 13.2 Å². The molecular formula is C15H9F3N2S. The molecule has 106 valence electrons. The summed E-state index contributed by atoms with van der Waals surface area (Å²) in [6, 6.07) is 14.5. The average molecular weight is 306 g/mol. The van der Waals surface area contributed by atoms with E-state index in [0.29, 0.717) is 15.6 Å². The van der Waals surface area contributed by atoms with Gasteiger partial charge in [-0.3, -0.25) is 0 Å². The Morgan fingerprint density at radius 1 is 0.762 bits per heavy atom. The fourth-order valence-corrected chi connectivity index (χ4v) is 2.71. The van der Waals surface area contributed by atoms with Gasteiger partial charge in [0.25, 0.3) is 0 Å². The summed E-state index contributed by atoms with van der Waals surface area (Å²) < 4.78 is 38.2. The minimum absolute atomic E-state index is 0.421. The summed E-state index contributed by atoms with van der Waals surface area (Å²) in [6.07, 6.45) is -4.36. The van der Waals surface area contributed by atoms with Gasteiger partial charge in [0.2, 0.25) is 0 Å². The molecule has 0 aliphatic carbocycles. The third-order valence-electron chi connectivity index (χ3n) is 2.88. The molecule has 1 aromatic heterocycles. The third-order valence-corrected chi connectivity index (χ3v) is 3.90. The van der Waals surface area contributed by atoms with E-state index in [1.54, 1.807) is 6.07 Å². The first kappa shape index (κ1) is 13.8. The van der Waals surface area contributed by atoms with E-state index < -0.39 is 11.7 Å². The normalized spacial score (nSPS) is 11.6. The molecule has 0 fully saturated rings. The van der Waals surface area contributed by atoms with Gasteiger partial charge >= 0.3 is 6.18 Å². The Morgan fingerprint density at radius 3 is 2.05 bits per heavy atom. The van der Waals surface area contributed by atoms with Gasteiger partial charge in [-0.15, -0.1) is 10.2 Å². The molecule has 0 saturated heterocycles. The van der Waals surface area contributed by atoms with Crippen LogP contribution in [0.1, 0.15) is 5.56 Å². The molecule has 3 rings (SSSR count). The molecule has 0 saturated carbocycles. The van der Waals surface area contributed by atoms with E-state index in [1.807, 2.05) is 30.3 Å². The highest BCUT2D eigenvalue weighted by Crippen LogP contribution is 2.34. The first-order chi connectivity index (χ1) is 10.0. The minimum Gasteiger partial charge on any atom is -0.166 e. The van der Waals surface area contributed by atoms with Gasteiger partial charge in [0.1, 0.15) is 10.0 Å². The van der Waals surface area contributed by atoms with E-state index >= 15 is 0 Å². The maximum atomic E-state index is 12.7. The summed E-state index contributed by atoms with van der Waals surface area (Å²) in [6.45, 7) is 0. The van der Waals surface area contributed by atoms with Gasteiger partial charge in [-0.2, -0.15) is 13.2 Å². The minimum atomic E-state index is -4.36. The predicted molar refractivity (Wildman–Crippen MR) is 75.8 cm³/mol. The second kappa shape index (κ2) is 5.29. The molecule has 0 spiro atoms. The van der Waals surface area contributed by atoms with Crippen LogP contribution in [0.3, 0.4) is 0 Å². The van der Waals surface area contributed by atoms with E-state index in [2.05, 4.69) is 10.2 Å². The number of nitrogens with zero attached hydrogens (tertiary/aromatic N) is 2. The van der Waals surface area contributed by atoms with Gasteiger partial charge in [-0.25, -0.2) is 0 Å². The zero-order chi connectivity index (χ0) is 14.9. The first-order valence-electron chi connectivity index (χ1n) is 6.10. The summed E-state index contributed by atoms with van der Waals surface area (Å²) in [7, 11) is 0. The lowest BCUT2D eigenvalue weighted by Gasteiger charge is -2.06. The highest BCUT2D eigenvalue weighted by atomic mass is 32.1. The number of rotatable bonds is 2. The first-order valence-corrected chi connectivity index (χ1v) is 6.92. The van der Waals surface area contributed by atoms with E-state index in [-0.39, 0.29) is 0 Å². The van der Waals surface area contributed by atoms with Gasteiger partial charge in [0.15, 0.2) is 0 Å². The summed E-state index contributed by atoms with van der Waals surface area (Å²) >= 11 is 1.27. The van der Waals surface area contributed by atoms with Crippen molar-refractivity contribution in [3.8, 4) is 21.1 Å². The molecule has 21 heavy (non-hydrogen) atoms. The Bertz CT molecular complexity index is 751. The van der Waals surface area contributed by atoms with Crippen LogP contribution >= 0.6 is 11.3 Å². The summed E-state index contributed by atoms with van der Waals surface area (Å²) in [5.41, 5.74) is 0.634. The van der Waals surface area contributed by atoms with Crippen LogP contribution < -0.4 is 0 Å². The number of hydrogen-bond donors (Lipinski definition) is 0. The van der Waals surface area contributed by atoms with Crippen molar-refractivity contribution in [3.63, 3.8) is 0 Å². The molecule has 6 heteroatoms. The van der Waals surface area contributed by atoms with Crippen molar-refractivity contribution in [2.45, 2.75) is 6.18 Å². The van der Waals surface area contributed by atoms with Gasteiger partial charge in [-0.05, 0) is 12.1 Å². The third kappa shape index (κ3) is 2.95. The number of halogens is 3. The van der Waals surface area contributed by atoms with E-state index in [1.165, 1.54) is 17.4 Å². The van der Waals surface area contributed by atoms with Crippen LogP contribution in [0, 0.1) is 0 Å². The predicted octanol–water partition coefficient (Wildman–Crippen LogP) is 4.89. The number of aromatic nitrogens is 2. The molecule has 0 amide bonds. The fourth-order valence-electron chi connectivity index (χ4n) is 1.87. The zero-order valence-electron chi connectivity index (χ0n) is 10.6. The van der Waals surface area contributed by atoms with Crippen molar-refractivity contribution in [1.29, 1.82) is 0 Å². The monoisotopic (exact) mass is 306 g/mol. The van der Waals surface area contributed by atoms with Gasteiger partial charge in [0, 0.05) is 11.1 Å². The van der Waals surface area contributed by atoms with E-state index in [0.717, 1.165) is 17.7 Å². The van der Waals surface area contributed by atoms with E-state index in [9.17, 15) is 13.2 Å². The Hall–Kier alpha value is -2.21. The topological polar surface area (TPSA) is 25.8 Å². The standard InChI is InChI=1S/C15H9F3N2S/c16-15(17,18)12-8-4-7-11(9-12)14-20-19-13(21-14)10-5-2-1-3-6-10/h1-9H. The molecule has 3 aromatic rings. The lowest BCUT2D eigenvalue weighted by atomic mass is 10.1. The van der Waals surface area contributed by atoms with Crippen molar-refractivity contribution >= 4 is 11.3 Å². The molecule has 0 aliphatic rings. The van der Waals surface area contributed by atoms with Crippen LogP contribution in [0.15, 0.2) is 54.6 Å². The Morgan fingerprint density at radius 2 is 1.38 bits per heavy atom. The van der Waals surface area contributed by atoms with Crippen LogP contribution in [0.5, 0.6) is 0 Å². The van der Waals surface area contributed by atoms with Crippen LogP contribution in [-0.4, -0.2) is 10.2 Å². The second-order valence-electron chi connectivity index (χ2n) is 4.36. The van der Waals surface area contributed by atoms with Crippen LogP contribution in [0.25, 0.3) is 21.1 Å². The van der Waals surface area contributed by atoms with Crippen molar-refractivity contribution in [3.05, 3.63) is 60.2 Å². The Labute approximate surface area is 122 Å². The van der Waals surface area contributed by atoms with Crippen molar-refractivity contribution in [1.82, 2.24) is 10.2 Å². The molecule has 0 unspecified atom stereocenters. The van der Waals surface area contributed by atoms with Crippen molar-refractivity contribution in [2.75, 3.05) is 0 Å². The summed E-state index contributed by atoms with van der Waals surface area (Å²) in [5, 5.41) is 9.18. The molecule has 0 radical (unpaired) electrons. The average Bonchev–Trinajstić information content (AvgIpc) is 2.97. The smallest absolute Gasteiger partial charge is 0.166 e. The lowest BCUT2D eigenvalue weighted by molar-refractivity contribution is -0.137. The van der Waals surface area contributed by atoms with Crippen LogP contribution in [0.2, 0.25) is 0 Å². The Kier molecular flexibility index (Phi) is 3.47. The fraction of sp³-hybridized carbons (Fsp3) is 0.0667. The van der Waals surface area contributed by atoms with Crippen LogP contribution in [-0.2, 0) is 6.18 Å². The van der Waals surface area contributed by atoms with Crippen molar-refractivity contribution in [2.24, 2.45) is 0 Å². The lowest BCUT2D eigenvalue weighted by Crippen LogP contribution is -2.04.